The Kier molecular flexibility index (Phi) is 10.2. The van der Waals surface area contributed by atoms with Gasteiger partial charge in [0.25, 0.3) is 0 Å². The number of aromatic nitrogens is 2. The van der Waals surface area contributed by atoms with Crippen molar-refractivity contribution < 1.29 is 23.5 Å². The number of fused-ring (bicyclic) bond motifs is 4. The Hall–Kier alpha value is -3.50. The van der Waals surface area contributed by atoms with E-state index in [4.69, 9.17) is 37.7 Å². The van der Waals surface area contributed by atoms with Gasteiger partial charge in [0.05, 0.1) is 46.4 Å². The molecule has 2 bridgehead atoms. The topological polar surface area (TPSA) is 101 Å². The molecule has 52 heavy (non-hydrogen) atoms. The minimum atomic E-state index is -0.652. The lowest BCUT2D eigenvalue weighted by molar-refractivity contribution is 0.0208. The summed E-state index contributed by atoms with van der Waals surface area (Å²) in [5.74, 6) is -0.427. The number of aryl methyl sites for hydroxylation is 1. The van der Waals surface area contributed by atoms with E-state index in [-0.39, 0.29) is 71.8 Å². The van der Waals surface area contributed by atoms with E-state index in [1.807, 2.05) is 38.0 Å². The van der Waals surface area contributed by atoms with E-state index in [2.05, 4.69) is 26.9 Å². The van der Waals surface area contributed by atoms with Crippen LogP contribution in [0.2, 0.25) is 16.1 Å². The van der Waals surface area contributed by atoms with Crippen molar-refractivity contribution in [2.45, 2.75) is 87.7 Å². The molecule has 0 N–H and O–H groups in total. The molecule has 2 aromatic heterocycles. The van der Waals surface area contributed by atoms with Gasteiger partial charge in [-0.05, 0) is 82.5 Å². The second-order valence-electron chi connectivity index (χ2n) is 14.6. The SMILES string of the molecule is CSc1nc2c(F)c(-c3cccc(Cl)c3Cl)c(CCC#N)cc2c2c1cc([C@H]1CCCN1C(=O)OCC[Si])n2[C@H]1[C@@H]2C[C@H]1N(C(=O)OC(C)(C)C)C2. The van der Waals surface area contributed by atoms with Gasteiger partial charge < -0.3 is 18.9 Å². The number of nitriles is 1. The van der Waals surface area contributed by atoms with Gasteiger partial charge in [0.15, 0.2) is 5.82 Å². The first-order chi connectivity index (χ1) is 24.9. The zero-order chi connectivity index (χ0) is 37.1. The molecule has 3 saturated heterocycles. The molecule has 14 heteroatoms. The maximum Gasteiger partial charge on any atom is 0.410 e. The zero-order valence-electron chi connectivity index (χ0n) is 29.5. The molecule has 3 radical (unpaired) electrons. The Bertz CT molecular complexity index is 2130. The highest BCUT2D eigenvalue weighted by Gasteiger charge is 2.57. The Morgan fingerprint density at radius 2 is 1.96 bits per heavy atom. The van der Waals surface area contributed by atoms with Crippen LogP contribution in [0.1, 0.15) is 69.8 Å². The Balaban J connectivity index is 1.50. The fraction of sp³-hybridized carbons (Fsp3) is 0.474. The number of likely N-dealkylation sites (tertiary alicyclic amines) is 1. The number of hydrogen-bond donors (Lipinski definition) is 0. The van der Waals surface area contributed by atoms with Crippen LogP contribution in [0, 0.1) is 23.1 Å². The predicted octanol–water partition coefficient (Wildman–Crippen LogP) is 9.52. The highest BCUT2D eigenvalue weighted by Crippen LogP contribution is 2.54. The van der Waals surface area contributed by atoms with E-state index in [0.717, 1.165) is 35.9 Å². The zero-order valence-corrected chi connectivity index (χ0v) is 32.8. The highest BCUT2D eigenvalue weighted by atomic mass is 35.5. The van der Waals surface area contributed by atoms with E-state index in [1.165, 1.54) is 11.8 Å². The first-order valence-electron chi connectivity index (χ1n) is 17.5. The lowest BCUT2D eigenvalue weighted by atomic mass is 9.79. The first-order valence-corrected chi connectivity index (χ1v) is 20.2. The Morgan fingerprint density at radius 3 is 2.67 bits per heavy atom. The summed E-state index contributed by atoms with van der Waals surface area (Å²) in [6.07, 6.45) is 3.93. The number of amides is 2. The van der Waals surface area contributed by atoms with Crippen molar-refractivity contribution in [3.8, 4) is 17.2 Å². The van der Waals surface area contributed by atoms with Crippen molar-refractivity contribution in [2.75, 3.05) is 26.0 Å². The normalized spacial score (nSPS) is 21.1. The summed E-state index contributed by atoms with van der Waals surface area (Å²) in [6.45, 7) is 6.89. The highest BCUT2D eigenvalue weighted by molar-refractivity contribution is 7.98. The van der Waals surface area contributed by atoms with Crippen molar-refractivity contribution in [2.24, 2.45) is 5.92 Å². The average Bonchev–Trinajstić information content (AvgIpc) is 3.90. The van der Waals surface area contributed by atoms with Crippen LogP contribution in [0.3, 0.4) is 0 Å². The number of carbonyl (C=O) groups is 2. The van der Waals surface area contributed by atoms with Gasteiger partial charge >= 0.3 is 12.2 Å². The summed E-state index contributed by atoms with van der Waals surface area (Å²) in [5.41, 5.74) is 2.51. The van der Waals surface area contributed by atoms with E-state index < -0.39 is 11.4 Å². The fourth-order valence-corrected chi connectivity index (χ4v) is 9.31. The monoisotopic (exact) mass is 778 g/mol. The molecule has 1 aliphatic carbocycles. The van der Waals surface area contributed by atoms with Gasteiger partial charge in [-0.15, -0.1) is 11.8 Å². The van der Waals surface area contributed by atoms with Crippen LogP contribution in [0.25, 0.3) is 32.9 Å². The fourth-order valence-electron chi connectivity index (χ4n) is 8.25. The lowest BCUT2D eigenvalue weighted by Crippen LogP contribution is -2.45. The molecule has 4 aliphatic rings. The lowest BCUT2D eigenvalue weighted by Gasteiger charge is -2.40. The molecule has 2 amide bonds. The number of carbonyl (C=O) groups excluding carboxylic acids is 2. The second kappa shape index (κ2) is 14.4. The third-order valence-electron chi connectivity index (χ3n) is 10.3. The quantitative estimate of drug-likeness (QED) is 0.130. The number of ether oxygens (including phenoxy) is 2. The molecule has 4 atom stereocenters. The summed E-state index contributed by atoms with van der Waals surface area (Å²) in [4.78, 5) is 35.5. The molecule has 4 aromatic rings. The standard InChI is InChI=1S/C38H39Cl2FN5O4SSi/c1-38(2,3)50-37(48)45-19-21-17-28(45)33(21)46-27(26-11-7-13-44(26)36(47)49-14-15-52)18-24-34(46)23-16-20(8-6-12-42)29(22-9-5-10-25(39)30(22)40)31(41)32(23)43-35(24)51-4/h5,9-10,16,18,21,26,28,33H,6-8,11,13-15,17,19H2,1-4H3/t21-,26-,28-,33+/m1/s1. The first kappa shape index (κ1) is 36.8. The Morgan fingerprint density at radius 1 is 1.17 bits per heavy atom. The third kappa shape index (κ3) is 6.31. The number of hydrogen-bond acceptors (Lipinski definition) is 7. The van der Waals surface area contributed by atoms with Crippen molar-refractivity contribution in [1.29, 1.82) is 5.26 Å². The number of pyridine rings is 1. The van der Waals surface area contributed by atoms with E-state index in [1.54, 1.807) is 23.1 Å². The van der Waals surface area contributed by atoms with Crippen LogP contribution in [-0.4, -0.2) is 79.4 Å². The number of halogens is 3. The van der Waals surface area contributed by atoms with Crippen molar-refractivity contribution in [3.05, 3.63) is 57.5 Å². The summed E-state index contributed by atoms with van der Waals surface area (Å²) in [5, 5.41) is 12.2. The average molecular weight is 780 g/mol. The van der Waals surface area contributed by atoms with Crippen LogP contribution in [0.5, 0.6) is 0 Å². The smallest absolute Gasteiger partial charge is 0.410 e. The van der Waals surface area contributed by atoms with Gasteiger partial charge in [-0.1, -0.05) is 35.3 Å². The molecule has 3 aliphatic heterocycles. The van der Waals surface area contributed by atoms with Crippen LogP contribution >= 0.6 is 35.0 Å². The van der Waals surface area contributed by atoms with Gasteiger partial charge in [0.1, 0.15) is 16.1 Å². The number of thioether (sulfide) groups is 1. The van der Waals surface area contributed by atoms with Crippen LogP contribution < -0.4 is 0 Å². The molecule has 4 fully saturated rings. The van der Waals surface area contributed by atoms with Gasteiger partial charge in [-0.25, -0.2) is 19.0 Å². The van der Waals surface area contributed by atoms with Gasteiger partial charge in [-0.2, -0.15) is 5.26 Å². The van der Waals surface area contributed by atoms with Crippen LogP contribution in [0.4, 0.5) is 14.0 Å². The van der Waals surface area contributed by atoms with Gasteiger partial charge in [0, 0.05) is 63.3 Å². The predicted molar refractivity (Wildman–Crippen MR) is 203 cm³/mol. The minimum absolute atomic E-state index is 0.121. The third-order valence-corrected chi connectivity index (χ3v) is 12.1. The van der Waals surface area contributed by atoms with E-state index in [9.17, 15) is 14.9 Å². The van der Waals surface area contributed by atoms with E-state index >= 15 is 4.39 Å². The molecule has 5 heterocycles. The molecular weight excluding hydrogens is 741 g/mol. The molecular formula is C38H39Cl2FN5O4SSi. The van der Waals surface area contributed by atoms with Crippen molar-refractivity contribution in [1.82, 2.24) is 19.4 Å². The molecule has 9 nitrogen and oxygen atoms in total. The van der Waals surface area contributed by atoms with Crippen LogP contribution in [0.15, 0.2) is 35.4 Å². The molecule has 1 saturated carbocycles. The Labute approximate surface area is 320 Å². The molecule has 0 spiro atoms. The largest absolute Gasteiger partial charge is 0.450 e. The maximum atomic E-state index is 17.3. The van der Waals surface area contributed by atoms with Crippen LogP contribution in [-0.2, 0) is 15.9 Å². The molecule has 271 valence electrons. The minimum Gasteiger partial charge on any atom is -0.450 e. The summed E-state index contributed by atoms with van der Waals surface area (Å²) in [7, 11) is 3.40. The summed E-state index contributed by atoms with van der Waals surface area (Å²) < 4.78 is 31.0. The second-order valence-corrected chi connectivity index (χ2v) is 16.7. The number of benzene rings is 2. The van der Waals surface area contributed by atoms with Crippen molar-refractivity contribution in [3.63, 3.8) is 0 Å². The van der Waals surface area contributed by atoms with E-state index in [0.29, 0.717) is 45.7 Å². The van der Waals surface area contributed by atoms with Crippen molar-refractivity contribution >= 4 is 79.2 Å². The maximum absolute atomic E-state index is 17.3. The molecule has 0 unspecified atom stereocenters. The van der Waals surface area contributed by atoms with Gasteiger partial charge in [0.2, 0.25) is 0 Å². The van der Waals surface area contributed by atoms with Gasteiger partial charge in [-0.3, -0.25) is 4.90 Å². The molecule has 8 rings (SSSR count). The summed E-state index contributed by atoms with van der Waals surface area (Å²) >= 11 is 14.5. The molecule has 2 aromatic carbocycles. The number of nitrogens with zero attached hydrogens (tertiary/aromatic N) is 5. The number of rotatable bonds is 8. The summed E-state index contributed by atoms with van der Waals surface area (Å²) in [6, 6.07) is 11.3.